The number of rotatable bonds is 6. The lowest BCUT2D eigenvalue weighted by Crippen LogP contribution is -2.31. The van der Waals surface area contributed by atoms with Gasteiger partial charge < -0.3 is 10.0 Å². The highest BCUT2D eigenvalue weighted by Crippen LogP contribution is 2.39. The molecule has 3 aromatic rings. The molecule has 0 fully saturated rings. The van der Waals surface area contributed by atoms with E-state index in [0.717, 1.165) is 16.8 Å². The summed E-state index contributed by atoms with van der Waals surface area (Å²) >= 11 is 0. The molecule has 1 atom stereocenters. The van der Waals surface area contributed by atoms with E-state index >= 15 is 0 Å². The Morgan fingerprint density at radius 3 is 2.69 bits per heavy atom. The van der Waals surface area contributed by atoms with Crippen LogP contribution in [-0.4, -0.2) is 33.7 Å². The number of aryl methyl sites for hydroxylation is 1. The number of benzene rings is 2. The van der Waals surface area contributed by atoms with Crippen molar-refractivity contribution in [3.05, 3.63) is 69.8 Å². The van der Waals surface area contributed by atoms with Crippen LogP contribution < -0.4 is 10.5 Å². The average molecular weight is 391 g/mol. The Hall–Kier alpha value is -2.99. The summed E-state index contributed by atoms with van der Waals surface area (Å²) in [6.07, 6.45) is 0.819. The second kappa shape index (κ2) is 7.79. The molecule has 0 unspecified atom stereocenters. The molecule has 6 heteroatoms. The Balaban J connectivity index is 1.82. The molecule has 6 nitrogen and oxygen atoms in total. The van der Waals surface area contributed by atoms with Crippen molar-refractivity contribution in [2.75, 3.05) is 18.1 Å². The third kappa shape index (κ3) is 3.34. The monoisotopic (exact) mass is 391 g/mol. The molecule has 1 aromatic heterocycles. The summed E-state index contributed by atoms with van der Waals surface area (Å²) in [4.78, 5) is 32.8. The van der Waals surface area contributed by atoms with Crippen molar-refractivity contribution >= 4 is 22.5 Å². The van der Waals surface area contributed by atoms with Gasteiger partial charge in [-0.15, -0.1) is 0 Å². The topological polar surface area (TPSA) is 75.4 Å². The number of aliphatic hydroxyl groups is 1. The number of carbonyl (C=O) groups excluding carboxylic acids is 1. The second-order valence-electron chi connectivity index (χ2n) is 7.48. The van der Waals surface area contributed by atoms with Gasteiger partial charge in [-0.1, -0.05) is 29.8 Å². The second-order valence-corrected chi connectivity index (χ2v) is 7.48. The first kappa shape index (κ1) is 19.3. The van der Waals surface area contributed by atoms with E-state index < -0.39 is 0 Å². The van der Waals surface area contributed by atoms with E-state index in [0.29, 0.717) is 42.7 Å². The highest BCUT2D eigenvalue weighted by atomic mass is 16.3. The van der Waals surface area contributed by atoms with Crippen LogP contribution in [0, 0.1) is 6.92 Å². The molecule has 1 N–H and O–H groups in total. The van der Waals surface area contributed by atoms with E-state index in [9.17, 15) is 14.7 Å². The van der Waals surface area contributed by atoms with Crippen molar-refractivity contribution in [2.24, 2.45) is 0 Å². The largest absolute Gasteiger partial charge is 0.396 e. The number of anilines is 1. The van der Waals surface area contributed by atoms with Gasteiger partial charge >= 0.3 is 0 Å². The number of aromatic nitrogens is 2. The van der Waals surface area contributed by atoms with Crippen molar-refractivity contribution in [1.29, 1.82) is 0 Å². The molecule has 0 spiro atoms. The highest BCUT2D eigenvalue weighted by Gasteiger charge is 2.37. The fourth-order valence-corrected chi connectivity index (χ4v) is 4.17. The summed E-state index contributed by atoms with van der Waals surface area (Å²) < 4.78 is 1.62. The maximum Gasteiger partial charge on any atom is 0.261 e. The smallest absolute Gasteiger partial charge is 0.261 e. The summed E-state index contributed by atoms with van der Waals surface area (Å²) in [6.45, 7) is 4.96. The molecule has 2 heterocycles. The van der Waals surface area contributed by atoms with Gasteiger partial charge in [-0.2, -0.15) is 0 Å². The first-order valence-electron chi connectivity index (χ1n) is 10.1. The third-order valence-electron chi connectivity index (χ3n) is 5.60. The summed E-state index contributed by atoms with van der Waals surface area (Å²) in [6, 6.07) is 13.3. The van der Waals surface area contributed by atoms with E-state index in [1.807, 2.05) is 44.2 Å². The fourth-order valence-electron chi connectivity index (χ4n) is 4.17. The van der Waals surface area contributed by atoms with Crippen LogP contribution in [0.4, 0.5) is 5.69 Å². The molecule has 4 rings (SSSR count). The predicted molar refractivity (Wildman–Crippen MR) is 113 cm³/mol. The van der Waals surface area contributed by atoms with Crippen LogP contribution in [0.1, 0.15) is 36.2 Å². The molecule has 0 aliphatic carbocycles. The molecule has 1 amide bonds. The van der Waals surface area contributed by atoms with Crippen LogP contribution in [0.25, 0.3) is 10.9 Å². The SMILES string of the molecule is CCN1C(=O)[C@@H](Cc2nc3ccccc3c(=O)n2CCCO)c2cc(C)ccc21. The zero-order chi connectivity index (χ0) is 20.5. The first-order valence-corrected chi connectivity index (χ1v) is 10.1. The van der Waals surface area contributed by atoms with Gasteiger partial charge in [-0.25, -0.2) is 4.98 Å². The average Bonchev–Trinajstić information content (AvgIpc) is 2.98. The van der Waals surface area contributed by atoms with Gasteiger partial charge in [0.2, 0.25) is 5.91 Å². The standard InChI is InChI=1S/C23H25N3O3/c1-3-25-20-10-9-15(2)13-17(20)18(23(25)29)14-21-24-19-8-5-4-7-16(19)22(28)26(21)11-6-12-27/h4-5,7-10,13,18,27H,3,6,11-12,14H2,1-2H3/t18-/m0/s1. The number of fused-ring (bicyclic) bond motifs is 2. The van der Waals surface area contributed by atoms with E-state index in [2.05, 4.69) is 6.07 Å². The summed E-state index contributed by atoms with van der Waals surface area (Å²) in [5, 5.41) is 9.83. The number of carbonyl (C=O) groups is 1. The molecule has 2 aromatic carbocycles. The van der Waals surface area contributed by atoms with E-state index in [1.54, 1.807) is 15.5 Å². The first-order chi connectivity index (χ1) is 14.0. The van der Waals surface area contributed by atoms with Crippen LogP contribution in [0.3, 0.4) is 0 Å². The zero-order valence-corrected chi connectivity index (χ0v) is 16.8. The quantitative estimate of drug-likeness (QED) is 0.701. The Bertz CT molecular complexity index is 1140. The number of amides is 1. The zero-order valence-electron chi connectivity index (χ0n) is 16.8. The van der Waals surface area contributed by atoms with Crippen LogP contribution in [-0.2, 0) is 17.8 Å². The van der Waals surface area contributed by atoms with Gasteiger partial charge in [0.1, 0.15) is 5.82 Å². The summed E-state index contributed by atoms with van der Waals surface area (Å²) in [5.41, 5.74) is 3.55. The lowest BCUT2D eigenvalue weighted by Gasteiger charge is -2.17. The van der Waals surface area contributed by atoms with Crippen LogP contribution >= 0.6 is 0 Å². The van der Waals surface area contributed by atoms with E-state index in [-0.39, 0.29) is 24.0 Å². The molecule has 150 valence electrons. The molecule has 0 saturated carbocycles. The lowest BCUT2D eigenvalue weighted by molar-refractivity contribution is -0.119. The van der Waals surface area contributed by atoms with E-state index in [4.69, 9.17) is 4.98 Å². The molecule has 1 aliphatic heterocycles. The normalized spacial score (nSPS) is 15.9. The van der Waals surface area contributed by atoms with Gasteiger partial charge in [0.05, 0.1) is 16.8 Å². The Morgan fingerprint density at radius 1 is 1.14 bits per heavy atom. The van der Waals surface area contributed by atoms with Gasteiger partial charge in [-0.3, -0.25) is 14.2 Å². The van der Waals surface area contributed by atoms with Crippen LogP contribution in [0.15, 0.2) is 47.3 Å². The number of para-hydroxylation sites is 1. The van der Waals surface area contributed by atoms with Crippen molar-refractivity contribution in [1.82, 2.24) is 9.55 Å². The summed E-state index contributed by atoms with van der Waals surface area (Å²) in [7, 11) is 0. The fraction of sp³-hybridized carbons (Fsp3) is 0.348. The Kier molecular flexibility index (Phi) is 5.20. The third-order valence-corrected chi connectivity index (χ3v) is 5.60. The van der Waals surface area contributed by atoms with Gasteiger partial charge in [0.25, 0.3) is 5.56 Å². The van der Waals surface area contributed by atoms with Crippen molar-refractivity contribution < 1.29 is 9.90 Å². The molecule has 1 aliphatic rings. The van der Waals surface area contributed by atoms with Crippen molar-refractivity contribution in [3.8, 4) is 0 Å². The number of hydrogen-bond acceptors (Lipinski definition) is 4. The van der Waals surface area contributed by atoms with Gasteiger partial charge in [0.15, 0.2) is 0 Å². The maximum absolute atomic E-state index is 13.2. The number of likely N-dealkylation sites (N-methyl/N-ethyl adjacent to an activating group) is 1. The minimum absolute atomic E-state index is 0.00724. The summed E-state index contributed by atoms with van der Waals surface area (Å²) in [5.74, 6) is 0.272. The van der Waals surface area contributed by atoms with Crippen LogP contribution in [0.2, 0.25) is 0 Å². The highest BCUT2D eigenvalue weighted by molar-refractivity contribution is 6.05. The number of nitrogens with zero attached hydrogens (tertiary/aromatic N) is 3. The van der Waals surface area contributed by atoms with Gasteiger partial charge in [0, 0.05) is 31.8 Å². The molecular weight excluding hydrogens is 366 g/mol. The van der Waals surface area contributed by atoms with Crippen LogP contribution in [0.5, 0.6) is 0 Å². The molecular formula is C23H25N3O3. The number of aliphatic hydroxyl groups excluding tert-OH is 1. The van der Waals surface area contributed by atoms with E-state index in [1.165, 1.54) is 0 Å². The minimum Gasteiger partial charge on any atom is -0.396 e. The van der Waals surface area contributed by atoms with Gasteiger partial charge in [-0.05, 0) is 44.0 Å². The molecule has 0 saturated heterocycles. The lowest BCUT2D eigenvalue weighted by atomic mass is 9.95. The Labute approximate surface area is 169 Å². The minimum atomic E-state index is -0.363. The number of hydrogen-bond donors (Lipinski definition) is 1. The van der Waals surface area contributed by atoms with Crippen molar-refractivity contribution in [3.63, 3.8) is 0 Å². The maximum atomic E-state index is 13.2. The van der Waals surface area contributed by atoms with Crippen molar-refractivity contribution in [2.45, 2.75) is 39.2 Å². The Morgan fingerprint density at radius 2 is 1.93 bits per heavy atom. The molecule has 0 bridgehead atoms. The predicted octanol–water partition coefficient (Wildman–Crippen LogP) is 2.78. The molecule has 29 heavy (non-hydrogen) atoms. The molecule has 0 radical (unpaired) electrons.